The zero-order valence-corrected chi connectivity index (χ0v) is 6.96. The first-order valence-corrected chi connectivity index (χ1v) is 6.79. The highest BCUT2D eigenvalue weighted by atomic mass is 28.3. The van der Waals surface area contributed by atoms with Gasteiger partial charge >= 0.3 is 0 Å². The Bertz CT molecular complexity index is 102. The zero-order chi connectivity index (χ0) is 7.07. The second-order valence-electron chi connectivity index (χ2n) is 3.71. The van der Waals surface area contributed by atoms with Crippen LogP contribution in [0.3, 0.4) is 0 Å². The Morgan fingerprint density at radius 3 is 1.56 bits per heavy atom. The van der Waals surface area contributed by atoms with Crippen LogP contribution in [0, 0.1) is 0 Å². The van der Waals surface area contributed by atoms with E-state index in [1.165, 1.54) is 0 Å². The maximum atomic E-state index is 9.12. The maximum absolute atomic E-state index is 9.12. The summed E-state index contributed by atoms with van der Waals surface area (Å²) in [6, 6.07) is 1.74. The number of hydrogen-bond donors (Lipinski definition) is 2. The van der Waals surface area contributed by atoms with Crippen LogP contribution < -0.4 is 0 Å². The molecule has 54 valence electrons. The standard InChI is InChI=1S/C6H14O2Si/c1-9(2)3-5(7)6(8)4-9/h5-8H,3-4H2,1-2H3. The molecule has 2 atom stereocenters. The molecule has 1 aliphatic rings. The van der Waals surface area contributed by atoms with E-state index in [1.807, 2.05) is 0 Å². The molecular weight excluding hydrogens is 132 g/mol. The van der Waals surface area contributed by atoms with Crippen LogP contribution in [0.4, 0.5) is 0 Å². The predicted octanol–water partition coefficient (Wildman–Crippen LogP) is 0.430. The lowest BCUT2D eigenvalue weighted by atomic mass is 10.3. The summed E-state index contributed by atoms with van der Waals surface area (Å²) in [4.78, 5) is 0. The molecule has 0 spiro atoms. The van der Waals surface area contributed by atoms with Crippen LogP contribution in [0.25, 0.3) is 0 Å². The first kappa shape index (κ1) is 7.25. The van der Waals surface area contributed by atoms with Gasteiger partial charge in [-0.05, 0) is 12.1 Å². The molecule has 0 saturated carbocycles. The third-order valence-electron chi connectivity index (χ3n) is 1.97. The van der Waals surface area contributed by atoms with Crippen molar-refractivity contribution in [1.29, 1.82) is 0 Å². The fraction of sp³-hybridized carbons (Fsp3) is 1.00. The Hall–Kier alpha value is 0.137. The van der Waals surface area contributed by atoms with Gasteiger partial charge in [0.05, 0.1) is 20.3 Å². The summed E-state index contributed by atoms with van der Waals surface area (Å²) in [6.45, 7) is 4.40. The molecule has 0 bridgehead atoms. The molecule has 1 rings (SSSR count). The van der Waals surface area contributed by atoms with Crippen molar-refractivity contribution in [3.05, 3.63) is 0 Å². The first-order chi connectivity index (χ1) is 4.01. The van der Waals surface area contributed by atoms with E-state index in [0.29, 0.717) is 0 Å². The molecule has 0 amide bonds. The Labute approximate surface area is 56.5 Å². The molecule has 3 heteroatoms. The van der Waals surface area contributed by atoms with Crippen LogP contribution in [-0.2, 0) is 0 Å². The molecule has 2 unspecified atom stereocenters. The molecule has 1 heterocycles. The minimum atomic E-state index is -1.17. The smallest absolute Gasteiger partial charge is 0.0773 e. The summed E-state index contributed by atoms with van der Waals surface area (Å²) in [5, 5.41) is 18.2. The van der Waals surface area contributed by atoms with E-state index in [9.17, 15) is 0 Å². The van der Waals surface area contributed by atoms with Crippen molar-refractivity contribution >= 4 is 8.07 Å². The molecule has 0 radical (unpaired) electrons. The summed E-state index contributed by atoms with van der Waals surface area (Å²) >= 11 is 0. The second kappa shape index (κ2) is 2.07. The van der Waals surface area contributed by atoms with Gasteiger partial charge in [-0.2, -0.15) is 0 Å². The van der Waals surface area contributed by atoms with E-state index >= 15 is 0 Å². The highest BCUT2D eigenvalue weighted by Crippen LogP contribution is 2.29. The Kier molecular flexibility index (Phi) is 1.67. The Balaban J connectivity index is 2.54. The van der Waals surface area contributed by atoms with Gasteiger partial charge in [0.2, 0.25) is 0 Å². The van der Waals surface area contributed by atoms with Crippen LogP contribution in [0.1, 0.15) is 0 Å². The van der Waals surface area contributed by atoms with Gasteiger partial charge in [0.1, 0.15) is 0 Å². The third-order valence-corrected chi connectivity index (χ3v) is 5.01. The molecule has 1 aliphatic heterocycles. The largest absolute Gasteiger partial charge is 0.391 e. The number of hydrogen-bond acceptors (Lipinski definition) is 2. The van der Waals surface area contributed by atoms with Crippen molar-refractivity contribution < 1.29 is 10.2 Å². The monoisotopic (exact) mass is 146 g/mol. The van der Waals surface area contributed by atoms with Gasteiger partial charge in [-0.15, -0.1) is 0 Å². The van der Waals surface area contributed by atoms with Gasteiger partial charge in [-0.3, -0.25) is 0 Å². The van der Waals surface area contributed by atoms with Gasteiger partial charge < -0.3 is 10.2 Å². The van der Waals surface area contributed by atoms with Crippen molar-refractivity contribution in [2.75, 3.05) is 0 Å². The highest BCUT2D eigenvalue weighted by molar-refractivity contribution is 6.78. The van der Waals surface area contributed by atoms with E-state index < -0.39 is 20.3 Å². The third kappa shape index (κ3) is 1.53. The molecule has 0 aliphatic carbocycles. The molecule has 9 heavy (non-hydrogen) atoms. The van der Waals surface area contributed by atoms with Crippen molar-refractivity contribution in [3.63, 3.8) is 0 Å². The Morgan fingerprint density at radius 1 is 1.11 bits per heavy atom. The van der Waals surface area contributed by atoms with Crippen LogP contribution in [0.5, 0.6) is 0 Å². The molecule has 0 aromatic rings. The van der Waals surface area contributed by atoms with Gasteiger partial charge in [0.25, 0.3) is 0 Å². The summed E-state index contributed by atoms with van der Waals surface area (Å²) < 4.78 is 0. The van der Waals surface area contributed by atoms with Gasteiger partial charge in [0.15, 0.2) is 0 Å². The summed E-state index contributed by atoms with van der Waals surface area (Å²) in [5.74, 6) is 0. The fourth-order valence-electron chi connectivity index (χ4n) is 1.49. The van der Waals surface area contributed by atoms with Crippen LogP contribution in [0.15, 0.2) is 0 Å². The van der Waals surface area contributed by atoms with Gasteiger partial charge in [-0.25, -0.2) is 0 Å². The van der Waals surface area contributed by atoms with Crippen LogP contribution in [-0.4, -0.2) is 30.5 Å². The van der Waals surface area contributed by atoms with Gasteiger partial charge in [0, 0.05) is 0 Å². The minimum Gasteiger partial charge on any atom is -0.391 e. The second-order valence-corrected chi connectivity index (χ2v) is 8.85. The average Bonchev–Trinajstić information content (AvgIpc) is 1.79. The summed E-state index contributed by atoms with van der Waals surface area (Å²) in [5.41, 5.74) is 0. The normalized spacial score (nSPS) is 41.3. The van der Waals surface area contributed by atoms with Crippen molar-refractivity contribution in [2.24, 2.45) is 0 Å². The highest BCUT2D eigenvalue weighted by Gasteiger charge is 2.38. The van der Waals surface area contributed by atoms with E-state index in [0.717, 1.165) is 12.1 Å². The minimum absolute atomic E-state index is 0.424. The fourth-order valence-corrected chi connectivity index (χ4v) is 4.46. The lowest BCUT2D eigenvalue weighted by molar-refractivity contribution is 0.0542. The van der Waals surface area contributed by atoms with E-state index in [1.54, 1.807) is 0 Å². The van der Waals surface area contributed by atoms with Gasteiger partial charge in [-0.1, -0.05) is 13.1 Å². The Morgan fingerprint density at radius 2 is 1.44 bits per heavy atom. The molecule has 0 aromatic carbocycles. The molecule has 2 N–H and O–H groups in total. The lowest BCUT2D eigenvalue weighted by Gasteiger charge is -2.11. The number of aliphatic hydroxyl groups excluding tert-OH is 2. The van der Waals surface area contributed by atoms with Crippen molar-refractivity contribution in [3.8, 4) is 0 Å². The topological polar surface area (TPSA) is 40.5 Å². The lowest BCUT2D eigenvalue weighted by Crippen LogP contribution is -2.20. The number of aliphatic hydroxyl groups is 2. The first-order valence-electron chi connectivity index (χ1n) is 3.37. The summed E-state index contributed by atoms with van der Waals surface area (Å²) in [7, 11) is -1.17. The van der Waals surface area contributed by atoms with Crippen LogP contribution in [0.2, 0.25) is 25.2 Å². The summed E-state index contributed by atoms with van der Waals surface area (Å²) in [6.07, 6.45) is -0.849. The molecule has 0 aromatic heterocycles. The molecule has 2 nitrogen and oxygen atoms in total. The molecule has 1 saturated heterocycles. The number of rotatable bonds is 0. The molecule has 1 fully saturated rings. The quantitative estimate of drug-likeness (QED) is 0.487. The SMILES string of the molecule is C[Si]1(C)CC(O)C(O)C1. The van der Waals surface area contributed by atoms with E-state index in [2.05, 4.69) is 13.1 Å². The predicted molar refractivity (Wildman–Crippen MR) is 39.1 cm³/mol. The van der Waals surface area contributed by atoms with E-state index in [-0.39, 0.29) is 0 Å². The molecular formula is C6H14O2Si. The maximum Gasteiger partial charge on any atom is 0.0773 e. The average molecular weight is 146 g/mol. The van der Waals surface area contributed by atoms with Crippen LogP contribution >= 0.6 is 0 Å². The van der Waals surface area contributed by atoms with Crippen molar-refractivity contribution in [2.45, 2.75) is 37.4 Å². The van der Waals surface area contributed by atoms with Crippen molar-refractivity contribution in [1.82, 2.24) is 0 Å². The van der Waals surface area contributed by atoms with E-state index in [4.69, 9.17) is 10.2 Å². The zero-order valence-electron chi connectivity index (χ0n) is 5.96.